The molecule has 0 aromatic heterocycles. The summed E-state index contributed by atoms with van der Waals surface area (Å²) in [6, 6.07) is 23.6. The molecule has 3 aromatic rings. The molecule has 0 saturated heterocycles. The van der Waals surface area contributed by atoms with Gasteiger partial charge in [-0.1, -0.05) is 86.6 Å². The van der Waals surface area contributed by atoms with Crippen LogP contribution >= 0.6 is 0 Å². The summed E-state index contributed by atoms with van der Waals surface area (Å²) in [4.78, 5) is 37.4. The third-order valence-corrected chi connectivity index (χ3v) is 7.26. The van der Waals surface area contributed by atoms with E-state index < -0.39 is 46.9 Å². The summed E-state index contributed by atoms with van der Waals surface area (Å²) in [6.07, 6.45) is -0.450. The highest BCUT2D eigenvalue weighted by molar-refractivity contribution is 7.89. The normalized spacial score (nSPS) is 11.9. The number of alkyl carbamates (subject to hydrolysis) is 1. The highest BCUT2D eigenvalue weighted by atomic mass is 32.2. The minimum absolute atomic E-state index is 0.0434. The van der Waals surface area contributed by atoms with E-state index in [0.29, 0.717) is 6.42 Å². The van der Waals surface area contributed by atoms with Crippen molar-refractivity contribution in [2.24, 2.45) is 5.92 Å². The zero-order chi connectivity index (χ0) is 29.7. The van der Waals surface area contributed by atoms with E-state index in [1.54, 1.807) is 12.1 Å². The second kappa shape index (κ2) is 15.5. The van der Waals surface area contributed by atoms with Crippen LogP contribution in [0.15, 0.2) is 89.8 Å². The first kappa shape index (κ1) is 31.3. The molecule has 0 spiro atoms. The number of Topliss-reactive ketones (excluding diaryl/α,β-unsaturated/α-hetero) is 1. The Morgan fingerprint density at radius 1 is 0.780 bits per heavy atom. The Morgan fingerprint density at radius 3 is 2.00 bits per heavy atom. The quantitative estimate of drug-likeness (QED) is 0.249. The van der Waals surface area contributed by atoms with E-state index in [-0.39, 0.29) is 29.8 Å². The second-order valence-electron chi connectivity index (χ2n) is 9.69. The van der Waals surface area contributed by atoms with E-state index in [1.807, 2.05) is 74.5 Å². The molecule has 1 atom stereocenters. The number of amides is 2. The lowest BCUT2D eigenvalue weighted by molar-refractivity contribution is -0.126. The van der Waals surface area contributed by atoms with Gasteiger partial charge in [0.1, 0.15) is 29.9 Å². The SMILES string of the molecule is CC(C)C[C@H](NC(=O)OCc1ccccc1)C(=O)NCC(=O)CNS(=O)(=O)c1ccccc1OCc1ccccc1. The molecule has 0 radical (unpaired) electrons. The van der Waals surface area contributed by atoms with Crippen molar-refractivity contribution in [3.8, 4) is 5.75 Å². The van der Waals surface area contributed by atoms with Crippen LogP contribution in [-0.2, 0) is 37.6 Å². The molecule has 0 aliphatic carbocycles. The van der Waals surface area contributed by atoms with E-state index in [0.717, 1.165) is 11.1 Å². The predicted molar refractivity (Wildman–Crippen MR) is 153 cm³/mol. The van der Waals surface area contributed by atoms with Crippen LogP contribution in [0.25, 0.3) is 0 Å². The third-order valence-electron chi connectivity index (χ3n) is 5.82. The van der Waals surface area contributed by atoms with Crippen LogP contribution in [0.1, 0.15) is 31.4 Å². The monoisotopic (exact) mass is 581 g/mol. The first-order valence-corrected chi connectivity index (χ1v) is 14.6. The molecule has 10 nitrogen and oxygen atoms in total. The van der Waals surface area contributed by atoms with Gasteiger partial charge < -0.3 is 20.1 Å². The zero-order valence-corrected chi connectivity index (χ0v) is 23.9. The molecule has 3 aromatic carbocycles. The van der Waals surface area contributed by atoms with Crippen LogP contribution in [0.2, 0.25) is 0 Å². The van der Waals surface area contributed by atoms with Crippen LogP contribution in [0.3, 0.4) is 0 Å². The summed E-state index contributed by atoms with van der Waals surface area (Å²) in [5, 5.41) is 5.01. The molecule has 2 amide bonds. The number of rotatable bonds is 15. The Labute approximate surface area is 240 Å². The van der Waals surface area contributed by atoms with E-state index >= 15 is 0 Å². The van der Waals surface area contributed by atoms with Crippen LogP contribution in [-0.4, -0.2) is 45.3 Å². The summed E-state index contributed by atoms with van der Waals surface area (Å²) < 4.78 is 39.0. The average molecular weight is 582 g/mol. The van der Waals surface area contributed by atoms with Gasteiger partial charge in [0.25, 0.3) is 0 Å². The number of carbonyl (C=O) groups excluding carboxylic acids is 3. The molecular weight excluding hydrogens is 546 g/mol. The van der Waals surface area contributed by atoms with Gasteiger partial charge in [0.15, 0.2) is 5.78 Å². The maximum Gasteiger partial charge on any atom is 0.408 e. The van der Waals surface area contributed by atoms with Crippen molar-refractivity contribution in [3.05, 3.63) is 96.1 Å². The summed E-state index contributed by atoms with van der Waals surface area (Å²) >= 11 is 0. The molecule has 0 heterocycles. The number of ketones is 1. The highest BCUT2D eigenvalue weighted by Crippen LogP contribution is 2.24. The molecule has 0 fully saturated rings. The van der Waals surface area contributed by atoms with Gasteiger partial charge in [-0.05, 0) is 35.6 Å². The maximum absolute atomic E-state index is 12.9. The summed E-state index contributed by atoms with van der Waals surface area (Å²) in [5.74, 6) is -0.941. The Hall–Kier alpha value is -4.22. The fourth-order valence-electron chi connectivity index (χ4n) is 3.76. The zero-order valence-electron chi connectivity index (χ0n) is 23.0. The molecule has 3 rings (SSSR count). The molecule has 0 aliphatic heterocycles. The fourth-order valence-corrected chi connectivity index (χ4v) is 4.92. The molecular formula is C30H35N3O7S. The van der Waals surface area contributed by atoms with Gasteiger partial charge >= 0.3 is 6.09 Å². The smallest absolute Gasteiger partial charge is 0.408 e. The van der Waals surface area contributed by atoms with Gasteiger partial charge in [-0.3, -0.25) is 9.59 Å². The summed E-state index contributed by atoms with van der Waals surface area (Å²) in [7, 11) is -4.09. The molecule has 41 heavy (non-hydrogen) atoms. The number of carbonyl (C=O) groups is 3. The van der Waals surface area contributed by atoms with Crippen molar-refractivity contribution in [1.29, 1.82) is 0 Å². The molecule has 0 unspecified atom stereocenters. The molecule has 0 bridgehead atoms. The average Bonchev–Trinajstić information content (AvgIpc) is 2.97. The van der Waals surface area contributed by atoms with Gasteiger partial charge in [0.05, 0.1) is 13.1 Å². The van der Waals surface area contributed by atoms with Crippen LogP contribution in [0.4, 0.5) is 4.79 Å². The molecule has 218 valence electrons. The van der Waals surface area contributed by atoms with Gasteiger partial charge in [0.2, 0.25) is 15.9 Å². The molecule has 0 aliphatic rings. The highest BCUT2D eigenvalue weighted by Gasteiger charge is 2.24. The first-order chi connectivity index (χ1) is 19.6. The van der Waals surface area contributed by atoms with Crippen LogP contribution in [0.5, 0.6) is 5.75 Å². The number of nitrogens with one attached hydrogen (secondary N) is 3. The van der Waals surface area contributed by atoms with Crippen molar-refractivity contribution in [1.82, 2.24) is 15.4 Å². The topological polar surface area (TPSA) is 140 Å². The minimum atomic E-state index is -4.09. The summed E-state index contributed by atoms with van der Waals surface area (Å²) in [5.41, 5.74) is 1.67. The molecule has 11 heteroatoms. The standard InChI is InChI=1S/C30H35N3O7S/c1-22(2)17-26(33-30(36)40-21-24-13-7-4-8-14-24)29(35)31-18-25(34)19-32-41(37,38)28-16-10-9-15-27(28)39-20-23-11-5-3-6-12-23/h3-16,22,26,32H,17-21H2,1-2H3,(H,31,35)(H,33,36)/t26-/m0/s1. The Morgan fingerprint density at radius 2 is 1.37 bits per heavy atom. The lowest BCUT2D eigenvalue weighted by atomic mass is 10.0. The Balaban J connectivity index is 1.50. The Kier molecular flexibility index (Phi) is 11.9. The van der Waals surface area contributed by atoms with Crippen LogP contribution in [0, 0.1) is 5.92 Å². The fraction of sp³-hybridized carbons (Fsp3) is 0.300. The number of hydrogen-bond acceptors (Lipinski definition) is 7. The van der Waals surface area contributed by atoms with Gasteiger partial charge in [-0.25, -0.2) is 17.9 Å². The lowest BCUT2D eigenvalue weighted by Crippen LogP contribution is -2.49. The number of ether oxygens (including phenoxy) is 2. The van der Waals surface area contributed by atoms with E-state index in [1.165, 1.54) is 12.1 Å². The van der Waals surface area contributed by atoms with Crippen molar-refractivity contribution in [3.63, 3.8) is 0 Å². The maximum atomic E-state index is 12.9. The van der Waals surface area contributed by atoms with Crippen molar-refractivity contribution in [2.45, 2.75) is 44.4 Å². The number of hydrogen-bond donors (Lipinski definition) is 3. The third kappa shape index (κ3) is 10.7. The lowest BCUT2D eigenvalue weighted by Gasteiger charge is -2.20. The minimum Gasteiger partial charge on any atom is -0.487 e. The predicted octanol–water partition coefficient (Wildman–Crippen LogP) is 3.57. The largest absolute Gasteiger partial charge is 0.487 e. The second-order valence-corrected chi connectivity index (χ2v) is 11.4. The molecule has 0 saturated carbocycles. The van der Waals surface area contributed by atoms with Crippen molar-refractivity contribution in [2.75, 3.05) is 13.1 Å². The number of benzene rings is 3. The van der Waals surface area contributed by atoms with Gasteiger partial charge in [-0.2, -0.15) is 0 Å². The van der Waals surface area contributed by atoms with Crippen molar-refractivity contribution >= 4 is 27.8 Å². The van der Waals surface area contributed by atoms with Crippen LogP contribution < -0.4 is 20.1 Å². The van der Waals surface area contributed by atoms with Crippen molar-refractivity contribution < 1.29 is 32.3 Å². The Bertz CT molecular complexity index is 1400. The first-order valence-electron chi connectivity index (χ1n) is 13.2. The summed E-state index contributed by atoms with van der Waals surface area (Å²) in [6.45, 7) is 3.02. The number of sulfonamides is 1. The van der Waals surface area contributed by atoms with E-state index in [4.69, 9.17) is 9.47 Å². The number of para-hydroxylation sites is 1. The molecule has 3 N–H and O–H groups in total. The van der Waals surface area contributed by atoms with Gasteiger partial charge in [0, 0.05) is 0 Å². The van der Waals surface area contributed by atoms with E-state index in [2.05, 4.69) is 15.4 Å². The van der Waals surface area contributed by atoms with Gasteiger partial charge in [-0.15, -0.1) is 0 Å². The van der Waals surface area contributed by atoms with E-state index in [9.17, 15) is 22.8 Å².